The Balaban J connectivity index is 1.47. The second-order valence-corrected chi connectivity index (χ2v) is 8.24. The van der Waals surface area contributed by atoms with Crippen LogP contribution >= 0.6 is 11.6 Å². The third kappa shape index (κ3) is 6.26. The summed E-state index contributed by atoms with van der Waals surface area (Å²) in [6.45, 7) is 1.59. The van der Waals surface area contributed by atoms with E-state index in [9.17, 15) is 27.2 Å². The molecule has 0 fully saturated rings. The Bertz CT molecular complexity index is 1530. The Hall–Kier alpha value is -4.66. The van der Waals surface area contributed by atoms with Gasteiger partial charge >= 0.3 is 12.3 Å². The van der Waals surface area contributed by atoms with Gasteiger partial charge < -0.3 is 10.1 Å². The first-order chi connectivity index (χ1) is 18.4. The number of rotatable bonds is 6. The number of nitrogens with zero attached hydrogens (tertiary/aromatic N) is 6. The van der Waals surface area contributed by atoms with Gasteiger partial charge in [-0.3, -0.25) is 15.1 Å². The van der Waals surface area contributed by atoms with Crippen LogP contribution in [0.3, 0.4) is 0 Å². The van der Waals surface area contributed by atoms with Gasteiger partial charge in [-0.05, 0) is 37.3 Å². The molecule has 16 heteroatoms. The average molecular weight is 565 g/mol. The molecule has 4 aromatic heterocycles. The third-order valence-electron chi connectivity index (χ3n) is 5.21. The maximum atomic E-state index is 14.8. The standard InChI is InChI=1S/C23H17ClF4N8O3/c1-11(13-4-3-9-29-18(13)24)39-22(38)33-20-17(34-35-36(20)2)14-6-7-15(19(25)31-14)32-21(37)12-5-8-16(30-10-12)23(26,27)28/h3-11H,1-2H3,(H,32,37)(H,33,38)/t11-/m1/s1. The van der Waals surface area contributed by atoms with Crippen molar-refractivity contribution in [2.45, 2.75) is 19.2 Å². The summed E-state index contributed by atoms with van der Waals surface area (Å²) in [5.41, 5.74) is -1.34. The highest BCUT2D eigenvalue weighted by Gasteiger charge is 2.32. The molecule has 0 aliphatic rings. The zero-order chi connectivity index (χ0) is 28.3. The summed E-state index contributed by atoms with van der Waals surface area (Å²) < 4.78 is 59.3. The van der Waals surface area contributed by atoms with Gasteiger partial charge in [0, 0.05) is 25.0 Å². The number of alkyl halides is 3. The Morgan fingerprint density at radius 1 is 1.10 bits per heavy atom. The van der Waals surface area contributed by atoms with Crippen molar-refractivity contribution < 1.29 is 31.9 Å². The number of ether oxygens (including phenoxy) is 1. The van der Waals surface area contributed by atoms with E-state index < -0.39 is 35.9 Å². The van der Waals surface area contributed by atoms with Crippen LogP contribution in [-0.4, -0.2) is 41.9 Å². The Labute approximate surface area is 222 Å². The van der Waals surface area contributed by atoms with Crippen molar-refractivity contribution in [3.8, 4) is 11.4 Å². The lowest BCUT2D eigenvalue weighted by Crippen LogP contribution is -2.19. The van der Waals surface area contributed by atoms with Gasteiger partial charge in [0.15, 0.2) is 11.5 Å². The minimum Gasteiger partial charge on any atom is -0.441 e. The predicted octanol–water partition coefficient (Wildman–Crippen LogP) is 5.04. The Morgan fingerprint density at radius 3 is 2.51 bits per heavy atom. The first-order valence-corrected chi connectivity index (χ1v) is 11.3. The molecular weight excluding hydrogens is 548 g/mol. The first-order valence-electron chi connectivity index (χ1n) is 10.9. The fourth-order valence-corrected chi connectivity index (χ4v) is 3.54. The van der Waals surface area contributed by atoms with Gasteiger partial charge in [0.25, 0.3) is 5.91 Å². The second kappa shape index (κ2) is 11.0. The zero-order valence-corrected chi connectivity index (χ0v) is 20.7. The molecule has 0 saturated heterocycles. The van der Waals surface area contributed by atoms with E-state index in [1.165, 1.54) is 24.0 Å². The van der Waals surface area contributed by atoms with Gasteiger partial charge in [-0.1, -0.05) is 22.9 Å². The van der Waals surface area contributed by atoms with Gasteiger partial charge in [-0.25, -0.2) is 19.4 Å². The van der Waals surface area contributed by atoms with Crippen molar-refractivity contribution in [2.75, 3.05) is 10.6 Å². The molecule has 4 heterocycles. The molecular formula is C23H17ClF4N8O3. The number of aryl methyl sites for hydroxylation is 1. The van der Waals surface area contributed by atoms with Crippen LogP contribution in [0.1, 0.15) is 34.6 Å². The Kier molecular flexibility index (Phi) is 7.71. The number of hydrogen-bond acceptors (Lipinski definition) is 8. The molecule has 2 amide bonds. The topological polar surface area (TPSA) is 137 Å². The molecule has 4 rings (SSSR count). The predicted molar refractivity (Wildman–Crippen MR) is 129 cm³/mol. The van der Waals surface area contributed by atoms with Gasteiger partial charge in [-0.15, -0.1) is 5.10 Å². The zero-order valence-electron chi connectivity index (χ0n) is 20.0. The summed E-state index contributed by atoms with van der Waals surface area (Å²) in [7, 11) is 1.47. The maximum absolute atomic E-state index is 14.8. The molecule has 2 N–H and O–H groups in total. The van der Waals surface area contributed by atoms with Gasteiger partial charge in [0.2, 0.25) is 5.95 Å². The van der Waals surface area contributed by atoms with Gasteiger partial charge in [-0.2, -0.15) is 17.6 Å². The molecule has 0 aliphatic heterocycles. The van der Waals surface area contributed by atoms with Crippen LogP contribution in [0.5, 0.6) is 0 Å². The third-order valence-corrected chi connectivity index (χ3v) is 5.53. The van der Waals surface area contributed by atoms with E-state index >= 15 is 0 Å². The first kappa shape index (κ1) is 27.4. The molecule has 202 valence electrons. The van der Waals surface area contributed by atoms with E-state index in [-0.39, 0.29) is 33.6 Å². The molecule has 4 aromatic rings. The number of aromatic nitrogens is 6. The fourth-order valence-electron chi connectivity index (χ4n) is 3.27. The number of amides is 2. The van der Waals surface area contributed by atoms with E-state index in [0.29, 0.717) is 11.6 Å². The van der Waals surface area contributed by atoms with Crippen LogP contribution < -0.4 is 10.6 Å². The minimum absolute atomic E-state index is 0.00905. The highest BCUT2D eigenvalue weighted by molar-refractivity contribution is 6.30. The molecule has 0 aromatic carbocycles. The van der Waals surface area contributed by atoms with E-state index in [2.05, 4.69) is 35.9 Å². The summed E-state index contributed by atoms with van der Waals surface area (Å²) in [6, 6.07) is 7.27. The molecule has 0 radical (unpaired) electrons. The smallest absolute Gasteiger partial charge is 0.433 e. The molecule has 0 saturated carbocycles. The monoisotopic (exact) mass is 564 g/mol. The molecule has 0 unspecified atom stereocenters. The summed E-state index contributed by atoms with van der Waals surface area (Å²) in [5.74, 6) is -2.00. The van der Waals surface area contributed by atoms with Crippen molar-refractivity contribution in [1.29, 1.82) is 0 Å². The molecule has 0 bridgehead atoms. The second-order valence-electron chi connectivity index (χ2n) is 7.89. The molecule has 39 heavy (non-hydrogen) atoms. The molecule has 1 atom stereocenters. The van der Waals surface area contributed by atoms with Crippen LogP contribution in [0.25, 0.3) is 11.4 Å². The quantitative estimate of drug-likeness (QED) is 0.245. The van der Waals surface area contributed by atoms with Crippen LogP contribution in [-0.2, 0) is 18.0 Å². The van der Waals surface area contributed by atoms with Crippen LogP contribution in [0.15, 0.2) is 48.8 Å². The average Bonchev–Trinajstić information content (AvgIpc) is 3.24. The van der Waals surface area contributed by atoms with Crippen molar-refractivity contribution in [1.82, 2.24) is 29.9 Å². The summed E-state index contributed by atoms with van der Waals surface area (Å²) in [4.78, 5) is 35.7. The number of pyridine rings is 3. The normalized spacial score (nSPS) is 12.1. The minimum atomic E-state index is -4.67. The van der Waals surface area contributed by atoms with E-state index in [1.807, 2.05) is 0 Å². The molecule has 11 nitrogen and oxygen atoms in total. The lowest BCUT2D eigenvalue weighted by Gasteiger charge is -2.15. The van der Waals surface area contributed by atoms with Gasteiger partial charge in [0.05, 0.1) is 16.9 Å². The van der Waals surface area contributed by atoms with Crippen molar-refractivity contribution in [2.24, 2.45) is 7.05 Å². The largest absolute Gasteiger partial charge is 0.441 e. The Morgan fingerprint density at radius 2 is 1.87 bits per heavy atom. The molecule has 0 spiro atoms. The maximum Gasteiger partial charge on any atom is 0.433 e. The number of carbonyl (C=O) groups excluding carboxylic acids is 2. The lowest BCUT2D eigenvalue weighted by atomic mass is 10.2. The highest BCUT2D eigenvalue weighted by atomic mass is 35.5. The molecule has 0 aliphatic carbocycles. The van der Waals surface area contributed by atoms with Crippen LogP contribution in [0.2, 0.25) is 5.15 Å². The fraction of sp³-hybridized carbons (Fsp3) is 0.174. The number of halogens is 5. The van der Waals surface area contributed by atoms with Crippen molar-refractivity contribution >= 4 is 35.1 Å². The van der Waals surface area contributed by atoms with Gasteiger partial charge in [0.1, 0.15) is 17.0 Å². The number of anilines is 2. The van der Waals surface area contributed by atoms with Crippen LogP contribution in [0.4, 0.5) is 33.9 Å². The highest BCUT2D eigenvalue weighted by Crippen LogP contribution is 2.29. The summed E-state index contributed by atoms with van der Waals surface area (Å²) >= 11 is 6.03. The number of nitrogens with one attached hydrogen (secondary N) is 2. The number of carbonyl (C=O) groups is 2. The lowest BCUT2D eigenvalue weighted by molar-refractivity contribution is -0.141. The van der Waals surface area contributed by atoms with Crippen molar-refractivity contribution in [3.05, 3.63) is 76.7 Å². The SMILES string of the molecule is C[C@@H](OC(=O)Nc1c(-c2ccc(NC(=O)c3ccc(C(F)(F)F)nc3)c(F)n2)nnn1C)c1cccnc1Cl. The van der Waals surface area contributed by atoms with E-state index in [0.717, 1.165) is 18.3 Å². The summed E-state index contributed by atoms with van der Waals surface area (Å²) in [6.07, 6.45) is -4.10. The van der Waals surface area contributed by atoms with Crippen molar-refractivity contribution in [3.63, 3.8) is 0 Å². The number of hydrogen-bond donors (Lipinski definition) is 2. The van der Waals surface area contributed by atoms with E-state index in [1.54, 1.807) is 19.1 Å². The summed E-state index contributed by atoms with van der Waals surface area (Å²) in [5, 5.41) is 12.6. The van der Waals surface area contributed by atoms with Crippen LogP contribution in [0, 0.1) is 5.95 Å². The van der Waals surface area contributed by atoms with E-state index in [4.69, 9.17) is 16.3 Å².